The highest BCUT2D eigenvalue weighted by atomic mass is 16.4. The number of aliphatic carboxylic acids is 1. The maximum Gasteiger partial charge on any atom is 0.311 e. The molecular weight excluding hydrogens is 358 g/mol. The molecule has 6 nitrogen and oxygen atoms in total. The average molecular weight is 405 g/mol. The topological polar surface area (TPSA) is 98.0 Å². The third-order valence-corrected chi connectivity index (χ3v) is 5.63. The Balaban J connectivity index is 5.03. The van der Waals surface area contributed by atoms with Crippen LogP contribution >= 0.6 is 0 Å². The molecule has 0 aromatic carbocycles. The van der Waals surface area contributed by atoms with Gasteiger partial charge in [-0.05, 0) is 19.8 Å². The molecule has 0 rings (SSSR count). The lowest BCUT2D eigenvalue weighted by molar-refractivity contribution is -0.935. The fraction of sp³-hybridized carbons (Fsp3) is 0.955. The van der Waals surface area contributed by atoms with Gasteiger partial charge in [0, 0.05) is 0 Å². The van der Waals surface area contributed by atoms with Gasteiger partial charge in [-0.25, -0.2) is 0 Å². The monoisotopic (exact) mass is 404 g/mol. The van der Waals surface area contributed by atoms with Crippen LogP contribution in [0.15, 0.2) is 0 Å². The SMILES string of the molecule is CCCCCCC(O)C[N+](CCO)(CC(O)CCCCCC)CC(C)C(=O)O. The van der Waals surface area contributed by atoms with Crippen molar-refractivity contribution in [2.24, 2.45) is 5.92 Å². The van der Waals surface area contributed by atoms with E-state index in [4.69, 9.17) is 0 Å². The van der Waals surface area contributed by atoms with Crippen molar-refractivity contribution in [1.29, 1.82) is 0 Å². The number of aliphatic hydroxyl groups is 3. The molecule has 0 bridgehead atoms. The number of quaternary nitrogens is 1. The number of carboxylic acids is 1. The molecule has 0 aliphatic carbocycles. The molecule has 0 aliphatic rings. The van der Waals surface area contributed by atoms with Gasteiger partial charge in [0.15, 0.2) is 0 Å². The quantitative estimate of drug-likeness (QED) is 0.196. The smallest absolute Gasteiger partial charge is 0.311 e. The van der Waals surface area contributed by atoms with Gasteiger partial charge in [0.1, 0.15) is 37.8 Å². The number of carbonyl (C=O) groups is 1. The molecule has 0 saturated carbocycles. The van der Waals surface area contributed by atoms with E-state index in [2.05, 4.69) is 13.8 Å². The minimum atomic E-state index is -0.879. The van der Waals surface area contributed by atoms with E-state index in [1.807, 2.05) is 0 Å². The van der Waals surface area contributed by atoms with Gasteiger partial charge >= 0.3 is 5.97 Å². The van der Waals surface area contributed by atoms with E-state index in [1.165, 1.54) is 0 Å². The fourth-order valence-electron chi connectivity index (χ4n) is 4.06. The van der Waals surface area contributed by atoms with Crippen LogP contribution in [0.4, 0.5) is 0 Å². The van der Waals surface area contributed by atoms with Gasteiger partial charge in [-0.1, -0.05) is 65.2 Å². The fourth-order valence-corrected chi connectivity index (χ4v) is 4.06. The van der Waals surface area contributed by atoms with Crippen molar-refractivity contribution in [2.45, 2.75) is 97.2 Å². The van der Waals surface area contributed by atoms with Crippen molar-refractivity contribution >= 4 is 5.97 Å². The number of unbranched alkanes of at least 4 members (excludes halogenated alkanes) is 6. The van der Waals surface area contributed by atoms with E-state index < -0.39 is 24.1 Å². The lowest BCUT2D eigenvalue weighted by atomic mass is 10.0. The number of carboxylic acid groups (broad SMARTS) is 1. The molecule has 6 heteroatoms. The first kappa shape index (κ1) is 27.3. The Hall–Kier alpha value is -0.690. The van der Waals surface area contributed by atoms with E-state index in [-0.39, 0.29) is 11.1 Å². The summed E-state index contributed by atoms with van der Waals surface area (Å²) >= 11 is 0. The second kappa shape index (κ2) is 16.1. The molecule has 28 heavy (non-hydrogen) atoms. The number of hydrogen-bond donors (Lipinski definition) is 4. The molecule has 0 fully saturated rings. The molecule has 4 N–H and O–H groups in total. The summed E-state index contributed by atoms with van der Waals surface area (Å²) in [5.74, 6) is -1.47. The number of rotatable bonds is 19. The Morgan fingerprint density at radius 1 is 0.821 bits per heavy atom. The van der Waals surface area contributed by atoms with Crippen molar-refractivity contribution < 1.29 is 29.7 Å². The summed E-state index contributed by atoms with van der Waals surface area (Å²) in [6, 6.07) is 0. The number of aliphatic hydroxyl groups excluding tert-OH is 3. The maximum absolute atomic E-state index is 11.4. The lowest BCUT2D eigenvalue weighted by Crippen LogP contribution is -2.59. The summed E-state index contributed by atoms with van der Waals surface area (Å²) in [5.41, 5.74) is 0. The molecule has 0 amide bonds. The second-order valence-corrected chi connectivity index (χ2v) is 8.58. The van der Waals surface area contributed by atoms with Crippen LogP contribution in [-0.4, -0.2) is 75.9 Å². The minimum Gasteiger partial charge on any atom is -0.481 e. The summed E-state index contributed by atoms with van der Waals surface area (Å²) in [5, 5.41) is 40.2. The Kier molecular flexibility index (Phi) is 15.7. The Bertz CT molecular complexity index is 371. The van der Waals surface area contributed by atoms with Gasteiger partial charge < -0.3 is 24.9 Å². The molecule has 0 aliphatic heterocycles. The van der Waals surface area contributed by atoms with Crippen LogP contribution in [0.5, 0.6) is 0 Å². The van der Waals surface area contributed by atoms with Gasteiger partial charge in [-0.3, -0.25) is 4.79 Å². The van der Waals surface area contributed by atoms with Crippen LogP contribution in [0.3, 0.4) is 0 Å². The summed E-state index contributed by atoms with van der Waals surface area (Å²) in [4.78, 5) is 11.4. The van der Waals surface area contributed by atoms with Crippen LogP contribution in [0.1, 0.15) is 85.0 Å². The van der Waals surface area contributed by atoms with E-state index in [9.17, 15) is 25.2 Å². The lowest BCUT2D eigenvalue weighted by Gasteiger charge is -2.42. The Morgan fingerprint density at radius 3 is 1.64 bits per heavy atom. The highest BCUT2D eigenvalue weighted by Crippen LogP contribution is 2.19. The predicted octanol–water partition coefficient (Wildman–Crippen LogP) is 3.18. The molecule has 0 heterocycles. The molecule has 0 aromatic rings. The molecule has 3 unspecified atom stereocenters. The average Bonchev–Trinajstić information content (AvgIpc) is 2.62. The van der Waals surface area contributed by atoms with Gasteiger partial charge in [-0.2, -0.15) is 0 Å². The van der Waals surface area contributed by atoms with E-state index in [0.29, 0.717) is 39.0 Å². The van der Waals surface area contributed by atoms with E-state index >= 15 is 0 Å². The van der Waals surface area contributed by atoms with Crippen LogP contribution in [0.2, 0.25) is 0 Å². The predicted molar refractivity (Wildman–Crippen MR) is 113 cm³/mol. The highest BCUT2D eigenvalue weighted by molar-refractivity contribution is 5.69. The second-order valence-electron chi connectivity index (χ2n) is 8.58. The van der Waals surface area contributed by atoms with Crippen molar-refractivity contribution in [3.05, 3.63) is 0 Å². The maximum atomic E-state index is 11.4. The standard InChI is InChI=1S/C22H45NO5/c1-4-6-8-10-12-20(25)17-23(14-15-24,16-19(3)22(27)28)18-21(26)13-11-9-7-5-2/h19-21,24-26H,4-18H2,1-3H3/p+1. The van der Waals surface area contributed by atoms with Gasteiger partial charge in [0.2, 0.25) is 0 Å². The Morgan fingerprint density at radius 2 is 1.29 bits per heavy atom. The van der Waals surface area contributed by atoms with Crippen molar-refractivity contribution in [2.75, 3.05) is 32.8 Å². The van der Waals surface area contributed by atoms with E-state index in [1.54, 1.807) is 6.92 Å². The number of hydrogen-bond acceptors (Lipinski definition) is 4. The molecule has 0 aromatic heterocycles. The first-order chi connectivity index (χ1) is 13.3. The first-order valence-electron chi connectivity index (χ1n) is 11.3. The summed E-state index contributed by atoms with van der Waals surface area (Å²) in [6.45, 7) is 7.31. The zero-order chi connectivity index (χ0) is 21.4. The van der Waals surface area contributed by atoms with E-state index in [0.717, 1.165) is 51.4 Å². The molecule has 168 valence electrons. The molecule has 0 spiro atoms. The largest absolute Gasteiger partial charge is 0.481 e. The summed E-state index contributed by atoms with van der Waals surface area (Å²) in [6.07, 6.45) is 8.91. The summed E-state index contributed by atoms with van der Waals surface area (Å²) in [7, 11) is 0. The molecular formula is C22H46NO5+. The van der Waals surface area contributed by atoms with Crippen LogP contribution in [0, 0.1) is 5.92 Å². The zero-order valence-corrected chi connectivity index (χ0v) is 18.5. The van der Waals surface area contributed by atoms with Crippen molar-refractivity contribution in [3.63, 3.8) is 0 Å². The molecule has 3 atom stereocenters. The van der Waals surface area contributed by atoms with Gasteiger partial charge in [0.05, 0.1) is 13.2 Å². The van der Waals surface area contributed by atoms with Crippen LogP contribution in [0.25, 0.3) is 0 Å². The first-order valence-corrected chi connectivity index (χ1v) is 11.3. The molecule has 0 saturated heterocycles. The molecule has 0 radical (unpaired) electrons. The third-order valence-electron chi connectivity index (χ3n) is 5.63. The zero-order valence-electron chi connectivity index (χ0n) is 18.5. The Labute approximate surface area is 172 Å². The van der Waals surface area contributed by atoms with Crippen LogP contribution in [-0.2, 0) is 4.79 Å². The number of nitrogens with zero attached hydrogens (tertiary/aromatic N) is 1. The minimum absolute atomic E-state index is 0.0859. The third kappa shape index (κ3) is 12.7. The van der Waals surface area contributed by atoms with Crippen molar-refractivity contribution in [3.8, 4) is 0 Å². The van der Waals surface area contributed by atoms with Crippen LogP contribution < -0.4 is 0 Å². The van der Waals surface area contributed by atoms with Crippen molar-refractivity contribution in [1.82, 2.24) is 0 Å². The summed E-state index contributed by atoms with van der Waals surface area (Å²) < 4.78 is 0.258. The van der Waals surface area contributed by atoms with Gasteiger partial charge in [-0.15, -0.1) is 0 Å². The highest BCUT2D eigenvalue weighted by Gasteiger charge is 2.35. The normalized spacial score (nSPS) is 17.1. The van der Waals surface area contributed by atoms with Gasteiger partial charge in [0.25, 0.3) is 0 Å².